The largest absolute Gasteiger partial charge is 0.219 e. The lowest BCUT2D eigenvalue weighted by atomic mass is 10.2. The van der Waals surface area contributed by atoms with E-state index in [0.717, 1.165) is 11.1 Å². The highest BCUT2D eigenvalue weighted by molar-refractivity contribution is 7.95. The van der Waals surface area contributed by atoms with Gasteiger partial charge in [0.15, 0.2) is 0 Å². The predicted octanol–water partition coefficient (Wildman–Crippen LogP) is 4.19. The van der Waals surface area contributed by atoms with Gasteiger partial charge in [0, 0.05) is 6.42 Å². The molecule has 0 bridgehead atoms. The minimum Gasteiger partial charge on any atom is -0.219 e. The Morgan fingerprint density at radius 3 is 2.21 bits per heavy atom. The highest BCUT2D eigenvalue weighted by atomic mass is 32.2. The number of hydrogen-bond acceptors (Lipinski definition) is 2. The molecule has 0 fully saturated rings. The van der Waals surface area contributed by atoms with Gasteiger partial charge in [-0.2, -0.15) is 0 Å². The lowest BCUT2D eigenvalue weighted by Crippen LogP contribution is -2.04. The third kappa shape index (κ3) is 4.21. The fourth-order valence-electron chi connectivity index (χ4n) is 1.54. The van der Waals surface area contributed by atoms with Crippen LogP contribution in [-0.2, 0) is 9.84 Å². The van der Waals surface area contributed by atoms with Crippen molar-refractivity contribution in [3.63, 3.8) is 0 Å². The van der Waals surface area contributed by atoms with Crippen LogP contribution in [0.15, 0.2) is 64.4 Å². The molecular weight excluding hydrogens is 256 g/mol. The molecule has 19 heavy (non-hydrogen) atoms. The lowest BCUT2D eigenvalue weighted by molar-refractivity contribution is 0.601. The second kappa shape index (κ2) is 6.53. The molecule has 1 rings (SSSR count). The summed E-state index contributed by atoms with van der Waals surface area (Å²) in [4.78, 5) is 0.695. The highest BCUT2D eigenvalue weighted by Crippen LogP contribution is 2.22. The second-order valence-electron chi connectivity index (χ2n) is 4.69. The fraction of sp³-hybridized carbons (Fsp3) is 0.250. The smallest absolute Gasteiger partial charge is 0.203 e. The Morgan fingerprint density at radius 2 is 1.74 bits per heavy atom. The Balaban J connectivity index is 3.27. The van der Waals surface area contributed by atoms with Crippen molar-refractivity contribution in [2.24, 2.45) is 0 Å². The summed E-state index contributed by atoms with van der Waals surface area (Å²) in [5.74, 6) is 0. The number of benzene rings is 1. The van der Waals surface area contributed by atoms with E-state index in [4.69, 9.17) is 0 Å². The minimum absolute atomic E-state index is 0.327. The zero-order chi connectivity index (χ0) is 14.5. The van der Waals surface area contributed by atoms with E-state index in [-0.39, 0.29) is 0 Å². The van der Waals surface area contributed by atoms with Crippen molar-refractivity contribution in [2.45, 2.75) is 32.1 Å². The SMILES string of the molecule is C=CC/C(=C\C=C(C)C)S(=O)(=O)c1ccc(C)cc1. The Labute approximate surface area is 116 Å². The van der Waals surface area contributed by atoms with Crippen LogP contribution in [0.25, 0.3) is 0 Å². The van der Waals surface area contributed by atoms with Gasteiger partial charge >= 0.3 is 0 Å². The van der Waals surface area contributed by atoms with Crippen LogP contribution in [0.5, 0.6) is 0 Å². The van der Waals surface area contributed by atoms with Gasteiger partial charge in [0.2, 0.25) is 9.84 Å². The van der Waals surface area contributed by atoms with Crippen LogP contribution in [0.3, 0.4) is 0 Å². The van der Waals surface area contributed by atoms with E-state index in [9.17, 15) is 8.42 Å². The summed E-state index contributed by atoms with van der Waals surface area (Å²) in [6.45, 7) is 9.42. The molecule has 0 saturated heterocycles. The fourth-order valence-corrected chi connectivity index (χ4v) is 2.92. The quantitative estimate of drug-likeness (QED) is 0.597. The van der Waals surface area contributed by atoms with Crippen molar-refractivity contribution in [3.05, 3.63) is 65.1 Å². The first-order valence-electron chi connectivity index (χ1n) is 6.14. The molecule has 0 radical (unpaired) electrons. The Hall–Kier alpha value is -1.61. The normalized spacial score (nSPS) is 12.1. The average molecular weight is 276 g/mol. The molecule has 0 unspecified atom stereocenters. The van der Waals surface area contributed by atoms with Gasteiger partial charge < -0.3 is 0 Å². The van der Waals surface area contributed by atoms with E-state index in [0.29, 0.717) is 16.2 Å². The average Bonchev–Trinajstić information content (AvgIpc) is 2.34. The van der Waals surface area contributed by atoms with E-state index in [1.807, 2.05) is 26.8 Å². The van der Waals surface area contributed by atoms with E-state index in [2.05, 4.69) is 6.58 Å². The first kappa shape index (κ1) is 15.4. The van der Waals surface area contributed by atoms with E-state index in [1.165, 1.54) is 0 Å². The molecule has 0 aliphatic rings. The number of allylic oxidation sites excluding steroid dienone is 5. The maximum Gasteiger partial charge on any atom is 0.203 e. The van der Waals surface area contributed by atoms with Gasteiger partial charge in [-0.3, -0.25) is 0 Å². The van der Waals surface area contributed by atoms with Gasteiger partial charge in [0.25, 0.3) is 0 Å². The number of rotatable bonds is 5. The summed E-state index contributed by atoms with van der Waals surface area (Å²) in [6.07, 6.45) is 5.41. The van der Waals surface area contributed by atoms with Crippen molar-refractivity contribution in [2.75, 3.05) is 0 Å². The molecule has 1 aromatic carbocycles. The van der Waals surface area contributed by atoms with Gasteiger partial charge in [0.1, 0.15) is 0 Å². The summed E-state index contributed by atoms with van der Waals surface area (Å²) < 4.78 is 25.0. The van der Waals surface area contributed by atoms with Crippen molar-refractivity contribution < 1.29 is 8.42 Å². The molecular formula is C16H20O2S. The first-order valence-corrected chi connectivity index (χ1v) is 7.63. The molecule has 0 aliphatic carbocycles. The molecule has 0 atom stereocenters. The van der Waals surface area contributed by atoms with Crippen molar-refractivity contribution in [1.82, 2.24) is 0 Å². The van der Waals surface area contributed by atoms with Crippen LogP contribution in [0, 0.1) is 6.92 Å². The molecule has 0 N–H and O–H groups in total. The molecule has 2 nitrogen and oxygen atoms in total. The summed E-state index contributed by atoms with van der Waals surface area (Å²) >= 11 is 0. The van der Waals surface area contributed by atoms with Crippen LogP contribution < -0.4 is 0 Å². The summed E-state index contributed by atoms with van der Waals surface area (Å²) in [5.41, 5.74) is 2.10. The van der Waals surface area contributed by atoms with E-state index >= 15 is 0 Å². The molecule has 0 amide bonds. The maximum absolute atomic E-state index is 12.5. The van der Waals surface area contributed by atoms with E-state index in [1.54, 1.807) is 36.4 Å². The third-order valence-corrected chi connectivity index (χ3v) is 4.51. The number of aryl methyl sites for hydroxylation is 1. The van der Waals surface area contributed by atoms with Crippen LogP contribution >= 0.6 is 0 Å². The molecule has 1 aromatic rings. The van der Waals surface area contributed by atoms with Gasteiger partial charge in [-0.05, 0) is 39.0 Å². The monoisotopic (exact) mass is 276 g/mol. The van der Waals surface area contributed by atoms with Crippen molar-refractivity contribution in [1.29, 1.82) is 0 Å². The van der Waals surface area contributed by atoms with Gasteiger partial charge in [0.05, 0.1) is 9.80 Å². The topological polar surface area (TPSA) is 34.1 Å². The molecule has 0 heterocycles. The van der Waals surface area contributed by atoms with Crippen LogP contribution in [0.4, 0.5) is 0 Å². The van der Waals surface area contributed by atoms with Crippen molar-refractivity contribution in [3.8, 4) is 0 Å². The molecule has 3 heteroatoms. The molecule has 0 spiro atoms. The minimum atomic E-state index is -3.43. The summed E-state index contributed by atoms with van der Waals surface area (Å²) in [7, 11) is -3.43. The Morgan fingerprint density at radius 1 is 1.16 bits per heavy atom. The van der Waals surface area contributed by atoms with Gasteiger partial charge in [-0.1, -0.05) is 35.4 Å². The summed E-state index contributed by atoms with van der Waals surface area (Å²) in [5, 5.41) is 0. The maximum atomic E-state index is 12.5. The highest BCUT2D eigenvalue weighted by Gasteiger charge is 2.18. The van der Waals surface area contributed by atoms with E-state index < -0.39 is 9.84 Å². The zero-order valence-corrected chi connectivity index (χ0v) is 12.5. The molecule has 0 aromatic heterocycles. The standard InChI is InChI=1S/C16H20O2S/c1-5-6-15(10-7-13(2)3)19(17,18)16-11-8-14(4)9-12-16/h5,7-12H,1,6H2,2-4H3/b15-10+. The van der Waals surface area contributed by atoms with Crippen LogP contribution in [0.1, 0.15) is 25.8 Å². The number of hydrogen-bond donors (Lipinski definition) is 0. The molecule has 102 valence electrons. The first-order chi connectivity index (χ1) is 8.87. The Bertz CT molecular complexity index is 599. The van der Waals surface area contributed by atoms with Gasteiger partial charge in [-0.15, -0.1) is 6.58 Å². The molecule has 0 saturated carbocycles. The lowest BCUT2D eigenvalue weighted by Gasteiger charge is -2.07. The Kier molecular flexibility index (Phi) is 5.31. The second-order valence-corrected chi connectivity index (χ2v) is 6.69. The van der Waals surface area contributed by atoms with Crippen molar-refractivity contribution >= 4 is 9.84 Å². The molecule has 0 aliphatic heterocycles. The van der Waals surface area contributed by atoms with Gasteiger partial charge in [-0.25, -0.2) is 8.42 Å². The van der Waals surface area contributed by atoms with Crippen LogP contribution in [0.2, 0.25) is 0 Å². The summed E-state index contributed by atoms with van der Waals surface area (Å²) in [6, 6.07) is 6.90. The number of sulfone groups is 1. The predicted molar refractivity (Wildman–Crippen MR) is 80.7 cm³/mol. The third-order valence-electron chi connectivity index (χ3n) is 2.62. The van der Waals surface area contributed by atoms with Crippen LogP contribution in [-0.4, -0.2) is 8.42 Å². The zero-order valence-electron chi connectivity index (χ0n) is 11.7.